The molecule has 1 N–H and O–H groups in total. The van der Waals surface area contributed by atoms with Crippen molar-refractivity contribution in [2.45, 2.75) is 44.6 Å². The summed E-state index contributed by atoms with van der Waals surface area (Å²) in [7, 11) is 0. The van der Waals surface area contributed by atoms with Gasteiger partial charge in [0.15, 0.2) is 6.29 Å². The third-order valence-corrected chi connectivity index (χ3v) is 6.30. The van der Waals surface area contributed by atoms with Gasteiger partial charge < -0.3 is 19.5 Å². The van der Waals surface area contributed by atoms with Gasteiger partial charge in [-0.1, -0.05) is 23.7 Å². The summed E-state index contributed by atoms with van der Waals surface area (Å²) in [5.74, 6) is 0. The Kier molecular flexibility index (Phi) is 4.35. The van der Waals surface area contributed by atoms with E-state index in [1.165, 1.54) is 6.42 Å². The molecular formula is C19H24ClN5O3. The second-order valence-electron chi connectivity index (χ2n) is 8.57. The van der Waals surface area contributed by atoms with E-state index in [9.17, 15) is 5.11 Å². The summed E-state index contributed by atoms with van der Waals surface area (Å²) in [5.41, 5.74) is 2.07. The number of halogens is 1. The maximum Gasteiger partial charge on any atom is 0.178 e. The third kappa shape index (κ3) is 3.18. The molecule has 0 bridgehead atoms. The molecule has 150 valence electrons. The molecule has 28 heavy (non-hydrogen) atoms. The van der Waals surface area contributed by atoms with E-state index in [1.54, 1.807) is 10.9 Å². The average molecular weight is 406 g/mol. The monoisotopic (exact) mass is 405 g/mol. The van der Waals surface area contributed by atoms with Crippen LogP contribution in [0.5, 0.6) is 0 Å². The van der Waals surface area contributed by atoms with Gasteiger partial charge in [-0.15, -0.1) is 5.10 Å². The van der Waals surface area contributed by atoms with Crippen LogP contribution in [-0.2, 0) is 16.0 Å². The van der Waals surface area contributed by atoms with Gasteiger partial charge in [0.2, 0.25) is 0 Å². The number of rotatable bonds is 5. The molecule has 9 heteroatoms. The van der Waals surface area contributed by atoms with Gasteiger partial charge in [-0.3, -0.25) is 4.98 Å². The lowest BCUT2D eigenvalue weighted by Crippen LogP contribution is -2.56. The standard InChI is InChI=1S/C19H24ClN5O3/c1-18(11-26)9-24(10-18)13-5-14(20)17(21-6-13)15-7-25(23-22-15)8-16-27-12-19(28-16)3-2-4-19/h5-7,16,26H,2-4,8-12H2,1H3. The molecule has 2 aromatic rings. The van der Waals surface area contributed by atoms with Crippen molar-refractivity contribution < 1.29 is 14.6 Å². The van der Waals surface area contributed by atoms with Crippen molar-refractivity contribution in [3.8, 4) is 11.4 Å². The van der Waals surface area contributed by atoms with E-state index in [0.717, 1.165) is 31.6 Å². The van der Waals surface area contributed by atoms with Crippen molar-refractivity contribution in [1.29, 1.82) is 0 Å². The number of pyridine rings is 1. The molecule has 0 aromatic carbocycles. The number of ether oxygens (including phenoxy) is 2. The Morgan fingerprint density at radius 2 is 2.18 bits per heavy atom. The highest BCUT2D eigenvalue weighted by atomic mass is 35.5. The van der Waals surface area contributed by atoms with Crippen LogP contribution in [0.15, 0.2) is 18.5 Å². The molecule has 1 spiro atoms. The van der Waals surface area contributed by atoms with Crippen LogP contribution < -0.4 is 4.90 Å². The quantitative estimate of drug-likeness (QED) is 0.815. The van der Waals surface area contributed by atoms with Gasteiger partial charge in [-0.2, -0.15) is 0 Å². The largest absolute Gasteiger partial charge is 0.396 e. The van der Waals surface area contributed by atoms with Crippen LogP contribution in [0.25, 0.3) is 11.4 Å². The van der Waals surface area contributed by atoms with E-state index >= 15 is 0 Å². The lowest BCUT2D eigenvalue weighted by Gasteiger charge is -2.48. The van der Waals surface area contributed by atoms with Crippen LogP contribution >= 0.6 is 11.6 Å². The number of aromatic nitrogens is 4. The molecular weight excluding hydrogens is 382 g/mol. The highest BCUT2D eigenvalue weighted by Crippen LogP contribution is 2.41. The summed E-state index contributed by atoms with van der Waals surface area (Å²) < 4.78 is 13.5. The van der Waals surface area contributed by atoms with E-state index in [1.807, 2.05) is 12.3 Å². The fraction of sp³-hybridized carbons (Fsp3) is 0.632. The second kappa shape index (κ2) is 6.66. The molecule has 3 fully saturated rings. The van der Waals surface area contributed by atoms with Crippen LogP contribution in [0.3, 0.4) is 0 Å². The minimum Gasteiger partial charge on any atom is -0.396 e. The fourth-order valence-electron chi connectivity index (χ4n) is 4.11. The predicted octanol–water partition coefficient (Wildman–Crippen LogP) is 2.11. The topological polar surface area (TPSA) is 85.5 Å². The smallest absolute Gasteiger partial charge is 0.178 e. The normalized spacial score (nSPS) is 25.0. The molecule has 8 nitrogen and oxygen atoms in total. The molecule has 5 rings (SSSR count). The Hall–Kier alpha value is -1.74. The van der Waals surface area contributed by atoms with Gasteiger partial charge in [0, 0.05) is 18.5 Å². The lowest BCUT2D eigenvalue weighted by atomic mass is 9.81. The first-order chi connectivity index (χ1) is 13.5. The minimum absolute atomic E-state index is 0.0454. The van der Waals surface area contributed by atoms with Gasteiger partial charge in [0.05, 0.1) is 48.5 Å². The van der Waals surface area contributed by atoms with Crippen LogP contribution in [0, 0.1) is 5.41 Å². The van der Waals surface area contributed by atoms with Crippen LogP contribution in [0.4, 0.5) is 5.69 Å². The maximum absolute atomic E-state index is 9.40. The van der Waals surface area contributed by atoms with Crippen LogP contribution in [0.1, 0.15) is 26.2 Å². The van der Waals surface area contributed by atoms with Gasteiger partial charge >= 0.3 is 0 Å². The number of nitrogens with zero attached hydrogens (tertiary/aromatic N) is 5. The van der Waals surface area contributed by atoms with Crippen molar-refractivity contribution >= 4 is 17.3 Å². The Balaban J connectivity index is 1.25. The van der Waals surface area contributed by atoms with Crippen LogP contribution in [-0.4, -0.2) is 63.3 Å². The molecule has 1 aliphatic carbocycles. The van der Waals surface area contributed by atoms with Crippen molar-refractivity contribution in [3.05, 3.63) is 23.5 Å². The Morgan fingerprint density at radius 1 is 1.36 bits per heavy atom. The first kappa shape index (κ1) is 18.3. The molecule has 0 amide bonds. The Morgan fingerprint density at radius 3 is 2.82 bits per heavy atom. The minimum atomic E-state index is -0.284. The third-order valence-electron chi connectivity index (χ3n) is 6.01. The van der Waals surface area contributed by atoms with Crippen molar-refractivity contribution in [1.82, 2.24) is 20.0 Å². The molecule has 1 atom stereocenters. The number of anilines is 1. The first-order valence-corrected chi connectivity index (χ1v) is 10.1. The number of hydrogen-bond donors (Lipinski definition) is 1. The molecule has 3 aliphatic rings. The molecule has 2 aliphatic heterocycles. The Bertz CT molecular complexity index is 878. The van der Waals surface area contributed by atoms with E-state index in [4.69, 9.17) is 21.1 Å². The van der Waals surface area contributed by atoms with Gasteiger partial charge in [-0.25, -0.2) is 4.68 Å². The molecule has 1 saturated carbocycles. The van der Waals surface area contributed by atoms with Gasteiger partial charge in [0.1, 0.15) is 11.4 Å². The SMILES string of the molecule is CC1(CO)CN(c2cnc(-c3cn(CC4OCC5(CCC5)O4)nn3)c(Cl)c2)C1. The van der Waals surface area contributed by atoms with E-state index in [-0.39, 0.29) is 23.9 Å². The summed E-state index contributed by atoms with van der Waals surface area (Å²) in [6, 6.07) is 1.89. The average Bonchev–Trinajstić information content (AvgIpc) is 3.26. The summed E-state index contributed by atoms with van der Waals surface area (Å²) in [4.78, 5) is 6.65. The lowest BCUT2D eigenvalue weighted by molar-refractivity contribution is -0.123. The van der Waals surface area contributed by atoms with Crippen molar-refractivity contribution in [2.24, 2.45) is 5.41 Å². The fourth-order valence-corrected chi connectivity index (χ4v) is 4.37. The Labute approximate surface area is 168 Å². The van der Waals surface area contributed by atoms with Gasteiger partial charge in [0.25, 0.3) is 0 Å². The molecule has 0 radical (unpaired) electrons. The first-order valence-electron chi connectivity index (χ1n) is 9.69. The highest BCUT2D eigenvalue weighted by Gasteiger charge is 2.46. The molecule has 2 aromatic heterocycles. The highest BCUT2D eigenvalue weighted by molar-refractivity contribution is 6.33. The maximum atomic E-state index is 9.40. The van der Waals surface area contributed by atoms with Crippen LogP contribution in [0.2, 0.25) is 5.02 Å². The summed E-state index contributed by atoms with van der Waals surface area (Å²) in [6.07, 6.45) is 6.69. The summed E-state index contributed by atoms with van der Waals surface area (Å²) in [6.45, 7) is 4.99. The number of hydrogen-bond acceptors (Lipinski definition) is 7. The molecule has 4 heterocycles. The zero-order valence-electron chi connectivity index (χ0n) is 15.8. The second-order valence-corrected chi connectivity index (χ2v) is 8.98. The van der Waals surface area contributed by atoms with Crippen molar-refractivity contribution in [3.63, 3.8) is 0 Å². The van der Waals surface area contributed by atoms with E-state index in [2.05, 4.69) is 27.1 Å². The molecule has 1 unspecified atom stereocenters. The van der Waals surface area contributed by atoms with Gasteiger partial charge in [-0.05, 0) is 25.3 Å². The zero-order valence-corrected chi connectivity index (χ0v) is 16.6. The van der Waals surface area contributed by atoms with Crippen molar-refractivity contribution in [2.75, 3.05) is 31.2 Å². The van der Waals surface area contributed by atoms with E-state index in [0.29, 0.717) is 29.6 Å². The zero-order chi connectivity index (χ0) is 19.4. The molecule has 2 saturated heterocycles. The number of aliphatic hydroxyl groups is 1. The summed E-state index contributed by atoms with van der Waals surface area (Å²) in [5, 5.41) is 18.3. The van der Waals surface area contributed by atoms with E-state index < -0.39 is 0 Å². The summed E-state index contributed by atoms with van der Waals surface area (Å²) >= 11 is 6.47. The predicted molar refractivity (Wildman–Crippen MR) is 103 cm³/mol. The number of aliphatic hydroxyl groups excluding tert-OH is 1.